The van der Waals surface area contributed by atoms with Crippen LogP contribution in [-0.4, -0.2) is 42.0 Å². The first-order valence-corrected chi connectivity index (χ1v) is 7.30. The van der Waals surface area contributed by atoms with Crippen molar-refractivity contribution in [2.45, 2.75) is 19.1 Å². The Hall–Kier alpha value is -0.650. The maximum Gasteiger partial charge on any atom is 0.255 e. The average Bonchev–Trinajstić information content (AvgIpc) is 2.40. The predicted molar refractivity (Wildman–Crippen MR) is 75.1 cm³/mol. The van der Waals surface area contributed by atoms with Gasteiger partial charge in [-0.15, -0.1) is 11.6 Å². The molecule has 0 N–H and O–H groups in total. The summed E-state index contributed by atoms with van der Waals surface area (Å²) in [5.74, 6) is -0.323. The molecule has 1 saturated heterocycles. The SMILES string of the molecule is CC1CN(C(=O)c2cccc(F)c2Br)CC(CCl)O1. The third-order valence-electron chi connectivity index (χ3n) is 2.97. The monoisotopic (exact) mass is 349 g/mol. The predicted octanol–water partition coefficient (Wildman–Crippen LogP) is 3.06. The van der Waals surface area contributed by atoms with Crippen molar-refractivity contribution in [2.24, 2.45) is 0 Å². The molecule has 1 aromatic carbocycles. The Bertz CT molecular complexity index is 486. The number of nitrogens with zero attached hydrogens (tertiary/aromatic N) is 1. The van der Waals surface area contributed by atoms with Crippen molar-refractivity contribution in [3.63, 3.8) is 0 Å². The lowest BCUT2D eigenvalue weighted by molar-refractivity contribution is -0.0570. The van der Waals surface area contributed by atoms with Gasteiger partial charge in [-0.25, -0.2) is 4.39 Å². The second-order valence-electron chi connectivity index (χ2n) is 4.53. The number of ether oxygens (including phenoxy) is 1. The molecule has 0 radical (unpaired) electrons. The highest BCUT2D eigenvalue weighted by Crippen LogP contribution is 2.23. The summed E-state index contributed by atoms with van der Waals surface area (Å²) >= 11 is 8.90. The van der Waals surface area contributed by atoms with E-state index in [0.717, 1.165) is 0 Å². The van der Waals surface area contributed by atoms with Gasteiger partial charge in [0.1, 0.15) is 5.82 Å². The second-order valence-corrected chi connectivity index (χ2v) is 5.64. The molecule has 0 spiro atoms. The smallest absolute Gasteiger partial charge is 0.255 e. The molecule has 104 valence electrons. The van der Waals surface area contributed by atoms with E-state index < -0.39 is 5.82 Å². The van der Waals surface area contributed by atoms with Crippen molar-refractivity contribution in [1.29, 1.82) is 0 Å². The zero-order valence-corrected chi connectivity index (χ0v) is 12.7. The van der Waals surface area contributed by atoms with Gasteiger partial charge in [0.05, 0.1) is 28.1 Å². The summed E-state index contributed by atoms with van der Waals surface area (Å²) in [6.45, 7) is 2.80. The lowest BCUT2D eigenvalue weighted by atomic mass is 10.1. The number of carbonyl (C=O) groups is 1. The molecular weight excluding hydrogens is 337 g/mol. The van der Waals surface area contributed by atoms with Crippen LogP contribution >= 0.6 is 27.5 Å². The van der Waals surface area contributed by atoms with Gasteiger partial charge in [-0.05, 0) is 35.0 Å². The van der Waals surface area contributed by atoms with Crippen LogP contribution in [0.5, 0.6) is 0 Å². The first-order valence-electron chi connectivity index (χ1n) is 5.97. The zero-order valence-electron chi connectivity index (χ0n) is 10.4. The van der Waals surface area contributed by atoms with Gasteiger partial charge >= 0.3 is 0 Å². The van der Waals surface area contributed by atoms with Crippen molar-refractivity contribution in [3.05, 3.63) is 34.1 Å². The van der Waals surface area contributed by atoms with E-state index in [1.54, 1.807) is 11.0 Å². The molecule has 0 bridgehead atoms. The highest BCUT2D eigenvalue weighted by molar-refractivity contribution is 9.10. The van der Waals surface area contributed by atoms with Crippen molar-refractivity contribution < 1.29 is 13.9 Å². The maximum atomic E-state index is 13.5. The van der Waals surface area contributed by atoms with Crippen LogP contribution in [0.1, 0.15) is 17.3 Å². The van der Waals surface area contributed by atoms with E-state index in [4.69, 9.17) is 16.3 Å². The fourth-order valence-electron chi connectivity index (χ4n) is 2.14. The van der Waals surface area contributed by atoms with Crippen LogP contribution in [0.25, 0.3) is 0 Å². The number of morpholine rings is 1. The molecule has 1 amide bonds. The van der Waals surface area contributed by atoms with Crippen LogP contribution in [0.2, 0.25) is 0 Å². The Labute approximate surface area is 124 Å². The Kier molecular flexibility index (Phi) is 4.81. The lowest BCUT2D eigenvalue weighted by Gasteiger charge is -2.36. The number of alkyl halides is 1. The molecule has 19 heavy (non-hydrogen) atoms. The summed E-state index contributed by atoms with van der Waals surface area (Å²) in [5, 5.41) is 0. The highest BCUT2D eigenvalue weighted by Gasteiger charge is 2.29. The van der Waals surface area contributed by atoms with Crippen LogP contribution in [0.15, 0.2) is 22.7 Å². The molecule has 0 aromatic heterocycles. The third-order valence-corrected chi connectivity index (χ3v) is 4.12. The summed E-state index contributed by atoms with van der Waals surface area (Å²) in [7, 11) is 0. The molecule has 1 fully saturated rings. The summed E-state index contributed by atoms with van der Waals surface area (Å²) in [5.41, 5.74) is 0.322. The molecule has 6 heteroatoms. The summed E-state index contributed by atoms with van der Waals surface area (Å²) in [4.78, 5) is 14.1. The largest absolute Gasteiger partial charge is 0.370 e. The molecule has 1 aliphatic rings. The van der Waals surface area contributed by atoms with E-state index in [1.807, 2.05) is 6.92 Å². The van der Waals surface area contributed by atoms with Gasteiger partial charge in [0.25, 0.3) is 5.91 Å². The molecule has 1 aromatic rings. The topological polar surface area (TPSA) is 29.5 Å². The van der Waals surface area contributed by atoms with Gasteiger partial charge < -0.3 is 9.64 Å². The van der Waals surface area contributed by atoms with Gasteiger partial charge in [-0.3, -0.25) is 4.79 Å². The summed E-state index contributed by atoms with van der Waals surface area (Å²) in [6, 6.07) is 4.44. The number of hydrogen-bond donors (Lipinski definition) is 0. The van der Waals surface area contributed by atoms with E-state index in [2.05, 4.69) is 15.9 Å². The van der Waals surface area contributed by atoms with Crippen molar-refractivity contribution in [2.75, 3.05) is 19.0 Å². The first-order chi connectivity index (χ1) is 9.02. The van der Waals surface area contributed by atoms with E-state index in [1.165, 1.54) is 12.1 Å². The minimum Gasteiger partial charge on any atom is -0.370 e. The van der Waals surface area contributed by atoms with Crippen LogP contribution in [0.4, 0.5) is 4.39 Å². The second kappa shape index (κ2) is 6.20. The van der Waals surface area contributed by atoms with E-state index >= 15 is 0 Å². The number of carbonyl (C=O) groups excluding carboxylic acids is 1. The quantitative estimate of drug-likeness (QED) is 0.767. The summed E-state index contributed by atoms with van der Waals surface area (Å²) < 4.78 is 19.3. The Morgan fingerprint density at radius 3 is 3.00 bits per heavy atom. The Morgan fingerprint density at radius 1 is 1.58 bits per heavy atom. The minimum atomic E-state index is -0.443. The molecule has 0 aliphatic carbocycles. The third kappa shape index (κ3) is 3.27. The maximum absolute atomic E-state index is 13.5. The fourth-order valence-corrected chi connectivity index (χ4v) is 2.74. The highest BCUT2D eigenvalue weighted by atomic mass is 79.9. The number of amides is 1. The van der Waals surface area contributed by atoms with Gasteiger partial charge in [0.15, 0.2) is 0 Å². The number of rotatable bonds is 2. The minimum absolute atomic E-state index is 0.0752. The van der Waals surface area contributed by atoms with E-state index in [0.29, 0.717) is 24.5 Å². The number of hydrogen-bond acceptors (Lipinski definition) is 2. The van der Waals surface area contributed by atoms with Crippen molar-refractivity contribution in [3.8, 4) is 0 Å². The Morgan fingerprint density at radius 2 is 2.32 bits per heavy atom. The van der Waals surface area contributed by atoms with Gasteiger partial charge in [-0.2, -0.15) is 0 Å². The zero-order chi connectivity index (χ0) is 14.0. The molecule has 1 heterocycles. The molecule has 0 saturated carbocycles. The van der Waals surface area contributed by atoms with Crippen molar-refractivity contribution >= 4 is 33.4 Å². The average molecular weight is 351 g/mol. The van der Waals surface area contributed by atoms with Crippen LogP contribution in [0.3, 0.4) is 0 Å². The van der Waals surface area contributed by atoms with Gasteiger partial charge in [0.2, 0.25) is 0 Å². The molecule has 1 aliphatic heterocycles. The van der Waals surface area contributed by atoms with Crippen LogP contribution < -0.4 is 0 Å². The molecular formula is C13H14BrClFNO2. The molecule has 2 atom stereocenters. The van der Waals surface area contributed by atoms with Crippen molar-refractivity contribution in [1.82, 2.24) is 4.90 Å². The first kappa shape index (κ1) is 14.8. The number of halogens is 3. The fraction of sp³-hybridized carbons (Fsp3) is 0.462. The lowest BCUT2D eigenvalue weighted by Crippen LogP contribution is -2.49. The van der Waals surface area contributed by atoms with E-state index in [-0.39, 0.29) is 22.6 Å². The molecule has 2 rings (SSSR count). The van der Waals surface area contributed by atoms with Crippen LogP contribution in [0, 0.1) is 5.82 Å². The normalized spacial score (nSPS) is 23.5. The Balaban J connectivity index is 2.21. The standard InChI is InChI=1S/C13H14BrClFNO2/c1-8-6-17(7-9(5-15)19-8)13(18)10-3-2-4-11(16)12(10)14/h2-4,8-9H,5-7H2,1H3. The molecule has 2 unspecified atom stereocenters. The van der Waals surface area contributed by atoms with Crippen LogP contribution in [-0.2, 0) is 4.74 Å². The van der Waals surface area contributed by atoms with E-state index in [9.17, 15) is 9.18 Å². The summed E-state index contributed by atoms with van der Waals surface area (Å²) in [6.07, 6.45) is -0.254. The van der Waals surface area contributed by atoms with Gasteiger partial charge in [-0.1, -0.05) is 6.07 Å². The number of benzene rings is 1. The van der Waals surface area contributed by atoms with Gasteiger partial charge in [0, 0.05) is 13.1 Å². The molecule has 3 nitrogen and oxygen atoms in total.